The van der Waals surface area contributed by atoms with E-state index in [9.17, 15) is 0 Å². The lowest BCUT2D eigenvalue weighted by atomic mass is 9.82. The first-order chi connectivity index (χ1) is 14.9. The van der Waals surface area contributed by atoms with E-state index in [-0.39, 0.29) is 0 Å². The second kappa shape index (κ2) is 7.96. The predicted octanol–water partition coefficient (Wildman–Crippen LogP) is 6.05. The van der Waals surface area contributed by atoms with Crippen LogP contribution in [0.4, 0.5) is 11.4 Å². The predicted molar refractivity (Wildman–Crippen MR) is 123 cm³/mol. The SMILES string of the molecule is c1ccc(CNc2cccc3c2OCC(c2ccccc2)(c2ccccc2)N3)cc1. The molecule has 0 saturated heterocycles. The Balaban J connectivity index is 1.50. The number of hydrogen-bond donors (Lipinski definition) is 2. The minimum absolute atomic E-state index is 0.437. The topological polar surface area (TPSA) is 33.3 Å². The fraction of sp³-hybridized carbons (Fsp3) is 0.111. The van der Waals surface area contributed by atoms with E-state index in [0.717, 1.165) is 23.7 Å². The van der Waals surface area contributed by atoms with Gasteiger partial charge in [0.25, 0.3) is 0 Å². The maximum Gasteiger partial charge on any atom is 0.165 e. The van der Waals surface area contributed by atoms with Crippen LogP contribution in [0.5, 0.6) is 5.75 Å². The van der Waals surface area contributed by atoms with Crippen LogP contribution in [0.25, 0.3) is 0 Å². The fourth-order valence-corrected chi connectivity index (χ4v) is 4.09. The van der Waals surface area contributed by atoms with Gasteiger partial charge in [-0.3, -0.25) is 0 Å². The first-order valence-electron chi connectivity index (χ1n) is 10.3. The van der Waals surface area contributed by atoms with Crippen LogP contribution in [0.15, 0.2) is 109 Å². The molecule has 0 unspecified atom stereocenters. The third-order valence-electron chi connectivity index (χ3n) is 5.66. The lowest BCUT2D eigenvalue weighted by Crippen LogP contribution is -2.45. The van der Waals surface area contributed by atoms with Crippen LogP contribution in [0.2, 0.25) is 0 Å². The largest absolute Gasteiger partial charge is 0.486 e. The monoisotopic (exact) mass is 392 g/mol. The Morgan fingerprint density at radius 1 is 0.700 bits per heavy atom. The van der Waals surface area contributed by atoms with Gasteiger partial charge in [0.2, 0.25) is 0 Å². The molecule has 30 heavy (non-hydrogen) atoms. The minimum Gasteiger partial charge on any atom is -0.486 e. The van der Waals surface area contributed by atoms with Crippen molar-refractivity contribution in [3.63, 3.8) is 0 Å². The number of nitrogens with one attached hydrogen (secondary N) is 2. The molecule has 0 spiro atoms. The molecule has 4 aromatic carbocycles. The third-order valence-corrected chi connectivity index (χ3v) is 5.66. The Morgan fingerprint density at radius 3 is 1.93 bits per heavy atom. The minimum atomic E-state index is -0.437. The Bertz CT molecular complexity index is 1070. The fourth-order valence-electron chi connectivity index (χ4n) is 4.09. The maximum atomic E-state index is 6.44. The molecule has 0 atom stereocenters. The lowest BCUT2D eigenvalue weighted by molar-refractivity contribution is 0.245. The summed E-state index contributed by atoms with van der Waals surface area (Å²) in [5.41, 5.74) is 5.16. The van der Waals surface area contributed by atoms with Crippen molar-refractivity contribution >= 4 is 11.4 Å². The van der Waals surface area contributed by atoms with Crippen molar-refractivity contribution in [1.82, 2.24) is 0 Å². The quantitative estimate of drug-likeness (QED) is 0.434. The van der Waals surface area contributed by atoms with Crippen LogP contribution in [0.3, 0.4) is 0 Å². The zero-order valence-corrected chi connectivity index (χ0v) is 16.7. The molecule has 148 valence electrons. The van der Waals surface area contributed by atoms with Gasteiger partial charge in [-0.15, -0.1) is 0 Å². The van der Waals surface area contributed by atoms with Crippen LogP contribution in [-0.2, 0) is 12.1 Å². The molecule has 4 aromatic rings. The van der Waals surface area contributed by atoms with E-state index in [0.29, 0.717) is 6.61 Å². The molecule has 1 aliphatic heterocycles. The maximum absolute atomic E-state index is 6.44. The number of anilines is 2. The highest BCUT2D eigenvalue weighted by molar-refractivity contribution is 5.74. The number of hydrogen-bond acceptors (Lipinski definition) is 3. The van der Waals surface area contributed by atoms with E-state index in [2.05, 4.69) is 102 Å². The highest BCUT2D eigenvalue weighted by atomic mass is 16.5. The molecule has 5 rings (SSSR count). The van der Waals surface area contributed by atoms with Gasteiger partial charge in [0.15, 0.2) is 5.75 Å². The van der Waals surface area contributed by atoms with Crippen molar-refractivity contribution < 1.29 is 4.74 Å². The molecule has 0 fully saturated rings. The van der Waals surface area contributed by atoms with E-state index in [1.807, 2.05) is 18.2 Å². The number of benzene rings is 4. The van der Waals surface area contributed by atoms with Crippen LogP contribution >= 0.6 is 0 Å². The molecule has 1 aliphatic rings. The average molecular weight is 393 g/mol. The molecular weight excluding hydrogens is 368 g/mol. The first kappa shape index (κ1) is 18.3. The second-order valence-electron chi connectivity index (χ2n) is 7.57. The smallest absolute Gasteiger partial charge is 0.165 e. The molecule has 0 radical (unpaired) electrons. The van der Waals surface area contributed by atoms with Crippen molar-refractivity contribution in [2.45, 2.75) is 12.1 Å². The van der Waals surface area contributed by atoms with Crippen LogP contribution < -0.4 is 15.4 Å². The van der Waals surface area contributed by atoms with Gasteiger partial charge in [-0.2, -0.15) is 0 Å². The molecule has 0 aromatic heterocycles. The number of fused-ring (bicyclic) bond motifs is 1. The van der Waals surface area contributed by atoms with Gasteiger partial charge >= 0.3 is 0 Å². The standard InChI is InChI=1S/C27H24N2O/c1-4-11-21(12-5-1)19-28-24-17-10-18-25-26(24)30-20-27(29-25,22-13-6-2-7-14-22)23-15-8-3-9-16-23/h1-18,28-29H,19-20H2. The number of rotatable bonds is 5. The molecule has 0 bridgehead atoms. The summed E-state index contributed by atoms with van der Waals surface area (Å²) in [5.74, 6) is 0.871. The molecule has 0 saturated carbocycles. The Labute approximate surface area is 177 Å². The summed E-state index contributed by atoms with van der Waals surface area (Å²) in [6.07, 6.45) is 0. The second-order valence-corrected chi connectivity index (χ2v) is 7.57. The summed E-state index contributed by atoms with van der Waals surface area (Å²) in [7, 11) is 0. The van der Waals surface area contributed by atoms with Gasteiger partial charge in [0.1, 0.15) is 12.1 Å². The third kappa shape index (κ3) is 3.39. The Hall–Kier alpha value is -3.72. The van der Waals surface area contributed by atoms with Crippen LogP contribution in [0.1, 0.15) is 16.7 Å². The zero-order chi connectivity index (χ0) is 20.2. The molecule has 3 heteroatoms. The Kier molecular flexibility index (Phi) is 4.86. The average Bonchev–Trinajstić information content (AvgIpc) is 2.84. The van der Waals surface area contributed by atoms with Gasteiger partial charge in [0, 0.05) is 6.54 Å². The number of ether oxygens (including phenoxy) is 1. The highest BCUT2D eigenvalue weighted by Crippen LogP contribution is 2.44. The summed E-state index contributed by atoms with van der Waals surface area (Å²) in [4.78, 5) is 0. The van der Waals surface area contributed by atoms with Crippen molar-refractivity contribution in [2.75, 3.05) is 17.2 Å². The van der Waals surface area contributed by atoms with E-state index >= 15 is 0 Å². The van der Waals surface area contributed by atoms with Crippen LogP contribution in [0, 0.1) is 0 Å². The molecular formula is C27H24N2O. The normalized spacial score (nSPS) is 14.1. The van der Waals surface area contributed by atoms with Gasteiger partial charge in [-0.25, -0.2) is 0 Å². The molecule has 3 nitrogen and oxygen atoms in total. The molecule has 0 aliphatic carbocycles. The van der Waals surface area contributed by atoms with Gasteiger partial charge in [0.05, 0.1) is 11.4 Å². The van der Waals surface area contributed by atoms with Crippen LogP contribution in [-0.4, -0.2) is 6.61 Å². The summed E-state index contributed by atoms with van der Waals surface area (Å²) in [5, 5.41) is 7.35. The summed E-state index contributed by atoms with van der Waals surface area (Å²) in [6, 6.07) is 37.7. The molecule has 1 heterocycles. The van der Waals surface area contributed by atoms with E-state index in [1.54, 1.807) is 0 Å². The van der Waals surface area contributed by atoms with Gasteiger partial charge in [-0.05, 0) is 28.8 Å². The van der Waals surface area contributed by atoms with E-state index in [1.165, 1.54) is 16.7 Å². The highest BCUT2D eigenvalue weighted by Gasteiger charge is 2.39. The summed E-state index contributed by atoms with van der Waals surface area (Å²) in [6.45, 7) is 1.27. The lowest BCUT2D eigenvalue weighted by Gasteiger charge is -2.41. The van der Waals surface area contributed by atoms with E-state index in [4.69, 9.17) is 4.74 Å². The Morgan fingerprint density at radius 2 is 1.30 bits per heavy atom. The number of para-hydroxylation sites is 1. The summed E-state index contributed by atoms with van der Waals surface area (Å²) < 4.78 is 6.44. The van der Waals surface area contributed by atoms with Crippen molar-refractivity contribution in [3.8, 4) is 5.75 Å². The zero-order valence-electron chi connectivity index (χ0n) is 16.7. The van der Waals surface area contributed by atoms with Gasteiger partial charge in [-0.1, -0.05) is 97.1 Å². The van der Waals surface area contributed by atoms with Crippen molar-refractivity contribution in [2.24, 2.45) is 0 Å². The van der Waals surface area contributed by atoms with E-state index < -0.39 is 5.54 Å². The summed E-state index contributed by atoms with van der Waals surface area (Å²) >= 11 is 0. The molecule has 0 amide bonds. The van der Waals surface area contributed by atoms with Crippen molar-refractivity contribution in [1.29, 1.82) is 0 Å². The van der Waals surface area contributed by atoms with Crippen molar-refractivity contribution in [3.05, 3.63) is 126 Å². The molecule has 2 N–H and O–H groups in total. The van der Waals surface area contributed by atoms with Gasteiger partial charge < -0.3 is 15.4 Å². The first-order valence-corrected chi connectivity index (χ1v) is 10.3.